The van der Waals surface area contributed by atoms with Gasteiger partial charge in [0.05, 0.1) is 31.7 Å². The zero-order valence-electron chi connectivity index (χ0n) is 36.7. The van der Waals surface area contributed by atoms with Gasteiger partial charge in [-0.2, -0.15) is 0 Å². The average Bonchev–Trinajstić information content (AvgIpc) is 3.17. The second-order valence-corrected chi connectivity index (χ2v) is 16.3. The van der Waals surface area contributed by atoms with Crippen LogP contribution in [0.4, 0.5) is 0 Å². The van der Waals surface area contributed by atoms with E-state index in [0.717, 1.165) is 122 Å². The van der Waals surface area contributed by atoms with E-state index < -0.39 is 0 Å². The highest BCUT2D eigenvalue weighted by molar-refractivity contribution is 5.72. The lowest BCUT2D eigenvalue weighted by Gasteiger charge is -2.21. The molecule has 0 heterocycles. The number of esters is 2. The fourth-order valence-corrected chi connectivity index (χ4v) is 7.49. The smallest absolute Gasteiger partial charge is 0.308 e. The third-order valence-corrected chi connectivity index (χ3v) is 11.2. The first-order valence-electron chi connectivity index (χ1n) is 23.8. The van der Waals surface area contributed by atoms with Gasteiger partial charge in [0, 0.05) is 6.54 Å². The van der Waals surface area contributed by atoms with Gasteiger partial charge in [0.2, 0.25) is 0 Å². The zero-order chi connectivity index (χ0) is 39.6. The molecular weight excluding hydrogens is 671 g/mol. The first-order chi connectivity index (χ1) is 26.5. The standard InChI is InChI=1S/C48H93NO5/c1-5-9-13-17-19-27-37-45(35-25-15-11-7-3)47(51)53-43-33-23-21-29-39-49(41-31-32-42-50)40-30-22-24-34-44-54-48(52)46(36-26-16-12-8-4)38-28-20-18-14-10-6-2/h31-32,45-46,50H,5-30,33-44H2,1-4H3/b32-31+. The molecule has 0 aromatic rings. The first-order valence-corrected chi connectivity index (χ1v) is 23.8. The number of carbonyl (C=O) groups excluding carboxylic acids is 2. The van der Waals surface area contributed by atoms with Crippen molar-refractivity contribution < 1.29 is 24.2 Å². The molecule has 0 aromatic heterocycles. The van der Waals surface area contributed by atoms with Crippen LogP contribution < -0.4 is 0 Å². The molecule has 0 bridgehead atoms. The highest BCUT2D eigenvalue weighted by Gasteiger charge is 2.20. The number of aliphatic hydroxyl groups excluding tert-OH is 1. The van der Waals surface area contributed by atoms with E-state index >= 15 is 0 Å². The normalized spacial score (nSPS) is 12.9. The summed E-state index contributed by atoms with van der Waals surface area (Å²) in [5, 5.41) is 9.23. The Balaban J connectivity index is 4.38. The monoisotopic (exact) mass is 764 g/mol. The molecule has 6 nitrogen and oxygen atoms in total. The Morgan fingerprint density at radius 2 is 0.759 bits per heavy atom. The van der Waals surface area contributed by atoms with E-state index in [0.29, 0.717) is 13.2 Å². The number of unbranched alkanes of at least 4 members (excludes halogenated alkanes) is 22. The molecule has 1 N–H and O–H groups in total. The van der Waals surface area contributed by atoms with Crippen LogP contribution in [-0.2, 0) is 19.1 Å². The van der Waals surface area contributed by atoms with E-state index in [2.05, 4.69) is 38.7 Å². The van der Waals surface area contributed by atoms with Crippen LogP contribution in [0.5, 0.6) is 0 Å². The predicted molar refractivity (Wildman–Crippen MR) is 232 cm³/mol. The zero-order valence-corrected chi connectivity index (χ0v) is 36.7. The Labute approximate surface area is 336 Å². The third kappa shape index (κ3) is 35.0. The highest BCUT2D eigenvalue weighted by atomic mass is 16.5. The summed E-state index contributed by atoms with van der Waals surface area (Å²) in [6.45, 7) is 13.1. The van der Waals surface area contributed by atoms with Crippen molar-refractivity contribution in [3.8, 4) is 0 Å². The molecule has 320 valence electrons. The van der Waals surface area contributed by atoms with Gasteiger partial charge >= 0.3 is 11.9 Å². The Kier molecular flexibility index (Phi) is 41.6. The summed E-state index contributed by atoms with van der Waals surface area (Å²) in [5.41, 5.74) is 0. The molecule has 0 saturated heterocycles. The van der Waals surface area contributed by atoms with Crippen molar-refractivity contribution in [2.45, 2.75) is 233 Å². The van der Waals surface area contributed by atoms with Crippen molar-refractivity contribution in [3.05, 3.63) is 12.2 Å². The summed E-state index contributed by atoms with van der Waals surface area (Å²) >= 11 is 0. The maximum Gasteiger partial charge on any atom is 0.308 e. The minimum absolute atomic E-state index is 0.0468. The first kappa shape index (κ1) is 52.6. The van der Waals surface area contributed by atoms with Crippen LogP contribution in [0.1, 0.15) is 233 Å². The van der Waals surface area contributed by atoms with Crippen molar-refractivity contribution >= 4 is 11.9 Å². The Morgan fingerprint density at radius 3 is 1.13 bits per heavy atom. The number of rotatable bonds is 43. The van der Waals surface area contributed by atoms with Crippen LogP contribution >= 0.6 is 0 Å². The molecule has 0 amide bonds. The molecule has 0 aromatic carbocycles. The van der Waals surface area contributed by atoms with Crippen LogP contribution in [0.3, 0.4) is 0 Å². The van der Waals surface area contributed by atoms with E-state index in [1.54, 1.807) is 0 Å². The fourth-order valence-electron chi connectivity index (χ4n) is 7.49. The SMILES string of the molecule is CCCCCCCCC(CCCCCC)C(=O)OCCCCCCN(C/C=C/CO)CCCCCCOC(=O)C(CCCCCC)CCCCCCCC. The van der Waals surface area contributed by atoms with Crippen LogP contribution in [0.25, 0.3) is 0 Å². The Morgan fingerprint density at radius 1 is 0.444 bits per heavy atom. The topological polar surface area (TPSA) is 76.1 Å². The summed E-state index contributed by atoms with van der Waals surface area (Å²) in [4.78, 5) is 28.4. The lowest BCUT2D eigenvalue weighted by molar-refractivity contribution is -0.150. The minimum Gasteiger partial charge on any atom is -0.465 e. The van der Waals surface area contributed by atoms with Gasteiger partial charge in [0.15, 0.2) is 0 Å². The second-order valence-electron chi connectivity index (χ2n) is 16.3. The Bertz CT molecular complexity index is 759. The molecule has 2 unspecified atom stereocenters. The third-order valence-electron chi connectivity index (χ3n) is 11.2. The van der Waals surface area contributed by atoms with Gasteiger partial charge in [0.25, 0.3) is 0 Å². The molecule has 0 saturated carbocycles. The van der Waals surface area contributed by atoms with Crippen LogP contribution in [0.2, 0.25) is 0 Å². The number of aliphatic hydroxyl groups is 1. The fraction of sp³-hybridized carbons (Fsp3) is 0.917. The van der Waals surface area contributed by atoms with Crippen molar-refractivity contribution in [2.75, 3.05) is 39.5 Å². The van der Waals surface area contributed by atoms with E-state index in [-0.39, 0.29) is 30.4 Å². The van der Waals surface area contributed by atoms with Crippen molar-refractivity contribution in [3.63, 3.8) is 0 Å². The maximum absolute atomic E-state index is 13.0. The number of hydrogen-bond donors (Lipinski definition) is 1. The van der Waals surface area contributed by atoms with Crippen LogP contribution in [0.15, 0.2) is 12.2 Å². The molecular formula is C48H93NO5. The quantitative estimate of drug-likeness (QED) is 0.0379. The van der Waals surface area contributed by atoms with Gasteiger partial charge < -0.3 is 14.6 Å². The molecule has 2 atom stereocenters. The molecule has 0 aliphatic carbocycles. The van der Waals surface area contributed by atoms with Gasteiger partial charge in [-0.05, 0) is 64.5 Å². The predicted octanol–water partition coefficient (Wildman–Crippen LogP) is 13.7. The number of hydrogen-bond acceptors (Lipinski definition) is 6. The number of ether oxygens (including phenoxy) is 2. The summed E-state index contributed by atoms with van der Waals surface area (Å²) in [5.74, 6) is 0.262. The van der Waals surface area contributed by atoms with Gasteiger partial charge in [-0.1, -0.05) is 194 Å². The summed E-state index contributed by atoms with van der Waals surface area (Å²) in [6.07, 6.45) is 41.3. The van der Waals surface area contributed by atoms with E-state index in [1.807, 2.05) is 6.08 Å². The second kappa shape index (κ2) is 42.7. The van der Waals surface area contributed by atoms with Gasteiger partial charge in [-0.15, -0.1) is 0 Å². The Hall–Kier alpha value is -1.40. The molecule has 6 heteroatoms. The molecule has 54 heavy (non-hydrogen) atoms. The molecule has 0 aliphatic heterocycles. The van der Waals surface area contributed by atoms with E-state index in [9.17, 15) is 14.7 Å². The van der Waals surface area contributed by atoms with Crippen molar-refractivity contribution in [1.29, 1.82) is 0 Å². The summed E-state index contributed by atoms with van der Waals surface area (Å²) in [6, 6.07) is 0. The molecule has 0 fully saturated rings. The van der Waals surface area contributed by atoms with Gasteiger partial charge in [-0.25, -0.2) is 0 Å². The lowest BCUT2D eigenvalue weighted by atomic mass is 9.94. The van der Waals surface area contributed by atoms with Gasteiger partial charge in [0.1, 0.15) is 0 Å². The van der Waals surface area contributed by atoms with E-state index in [4.69, 9.17) is 9.47 Å². The van der Waals surface area contributed by atoms with E-state index in [1.165, 1.54) is 103 Å². The summed E-state index contributed by atoms with van der Waals surface area (Å²) < 4.78 is 11.6. The lowest BCUT2D eigenvalue weighted by Crippen LogP contribution is -2.26. The van der Waals surface area contributed by atoms with Gasteiger partial charge in [-0.3, -0.25) is 14.5 Å². The molecule has 0 radical (unpaired) electrons. The molecule has 0 spiro atoms. The van der Waals surface area contributed by atoms with Crippen LogP contribution in [0, 0.1) is 11.8 Å². The molecule has 0 rings (SSSR count). The average molecular weight is 764 g/mol. The molecule has 0 aliphatic rings. The summed E-state index contributed by atoms with van der Waals surface area (Å²) in [7, 11) is 0. The van der Waals surface area contributed by atoms with Crippen molar-refractivity contribution in [2.24, 2.45) is 11.8 Å². The minimum atomic E-state index is 0.0468. The van der Waals surface area contributed by atoms with Crippen LogP contribution in [-0.4, -0.2) is 61.4 Å². The number of carbonyl (C=O) groups is 2. The highest BCUT2D eigenvalue weighted by Crippen LogP contribution is 2.22. The largest absolute Gasteiger partial charge is 0.465 e. The number of nitrogens with zero attached hydrogens (tertiary/aromatic N) is 1. The van der Waals surface area contributed by atoms with Crippen molar-refractivity contribution in [1.82, 2.24) is 4.90 Å². The maximum atomic E-state index is 13.0.